The molecule has 0 unspecified atom stereocenters. The first kappa shape index (κ1) is 16.1. The van der Waals surface area contributed by atoms with E-state index in [0.717, 1.165) is 0 Å². The van der Waals surface area contributed by atoms with Gasteiger partial charge in [-0.25, -0.2) is 4.39 Å². The lowest BCUT2D eigenvalue weighted by molar-refractivity contribution is -0.138. The topological polar surface area (TPSA) is 26.0 Å². The van der Waals surface area contributed by atoms with E-state index in [2.05, 4.69) is 27.4 Å². The standard InChI is InChI=1S/C12H12BrF4NSi/c1-19(2,3)5-4-7-10(13)8(12(15,16)17)6-9(14)11(7)18/h6H,18H2,1-3H3. The molecular weight excluding hydrogens is 342 g/mol. The summed E-state index contributed by atoms with van der Waals surface area (Å²) in [6.07, 6.45) is -4.66. The minimum absolute atomic E-state index is 0.144. The third-order valence-electron chi connectivity index (χ3n) is 2.12. The summed E-state index contributed by atoms with van der Waals surface area (Å²) in [4.78, 5) is 0. The van der Waals surface area contributed by atoms with Crippen LogP contribution in [0.4, 0.5) is 23.2 Å². The molecule has 104 valence electrons. The van der Waals surface area contributed by atoms with Crippen molar-refractivity contribution in [2.24, 2.45) is 0 Å². The van der Waals surface area contributed by atoms with Crippen LogP contribution in [0.25, 0.3) is 0 Å². The van der Waals surface area contributed by atoms with Gasteiger partial charge in [-0.15, -0.1) is 5.54 Å². The molecule has 0 spiro atoms. The number of hydrogen-bond donors (Lipinski definition) is 1. The zero-order valence-corrected chi connectivity index (χ0v) is 13.1. The highest BCUT2D eigenvalue weighted by Gasteiger charge is 2.35. The number of nitrogens with two attached hydrogens (primary N) is 1. The second-order valence-electron chi connectivity index (χ2n) is 5.01. The van der Waals surface area contributed by atoms with Gasteiger partial charge in [0.2, 0.25) is 0 Å². The summed E-state index contributed by atoms with van der Waals surface area (Å²) in [5.74, 6) is 1.46. The van der Waals surface area contributed by atoms with Gasteiger partial charge in [0.15, 0.2) is 0 Å². The fourth-order valence-corrected chi connectivity index (χ4v) is 2.37. The van der Waals surface area contributed by atoms with Crippen LogP contribution in [0.3, 0.4) is 0 Å². The molecule has 19 heavy (non-hydrogen) atoms. The highest BCUT2D eigenvalue weighted by Crippen LogP contribution is 2.39. The van der Waals surface area contributed by atoms with E-state index in [-0.39, 0.29) is 15.7 Å². The van der Waals surface area contributed by atoms with Crippen LogP contribution in [0.1, 0.15) is 11.1 Å². The van der Waals surface area contributed by atoms with Crippen molar-refractivity contribution in [2.75, 3.05) is 5.73 Å². The molecule has 0 bridgehead atoms. The Labute approximate surface area is 118 Å². The lowest BCUT2D eigenvalue weighted by Gasteiger charge is -2.13. The Morgan fingerprint density at radius 2 is 1.79 bits per heavy atom. The Kier molecular flexibility index (Phi) is 4.37. The van der Waals surface area contributed by atoms with Crippen molar-refractivity contribution >= 4 is 29.7 Å². The van der Waals surface area contributed by atoms with Crippen molar-refractivity contribution in [1.29, 1.82) is 0 Å². The maximum atomic E-state index is 13.5. The highest BCUT2D eigenvalue weighted by molar-refractivity contribution is 9.10. The number of alkyl halides is 3. The molecule has 0 radical (unpaired) electrons. The van der Waals surface area contributed by atoms with Gasteiger partial charge in [0, 0.05) is 4.47 Å². The highest BCUT2D eigenvalue weighted by atomic mass is 79.9. The van der Waals surface area contributed by atoms with E-state index in [1.54, 1.807) is 0 Å². The Morgan fingerprint density at radius 1 is 1.26 bits per heavy atom. The SMILES string of the molecule is C[Si](C)(C)C#Cc1c(N)c(F)cc(C(F)(F)F)c1Br. The molecular formula is C12H12BrF4NSi. The summed E-state index contributed by atoms with van der Waals surface area (Å²) in [5, 5.41) is 0. The molecule has 0 aliphatic rings. The van der Waals surface area contributed by atoms with Crippen LogP contribution in [0.2, 0.25) is 19.6 Å². The molecule has 1 nitrogen and oxygen atoms in total. The average Bonchev–Trinajstić information content (AvgIpc) is 2.20. The average molecular weight is 354 g/mol. The van der Waals surface area contributed by atoms with Gasteiger partial charge in [0.1, 0.15) is 13.9 Å². The van der Waals surface area contributed by atoms with E-state index in [4.69, 9.17) is 5.73 Å². The van der Waals surface area contributed by atoms with Crippen LogP contribution in [0.5, 0.6) is 0 Å². The maximum Gasteiger partial charge on any atom is 0.417 e. The third-order valence-corrected chi connectivity index (χ3v) is 3.82. The number of benzene rings is 1. The Morgan fingerprint density at radius 3 is 2.21 bits per heavy atom. The molecule has 0 aliphatic carbocycles. The van der Waals surface area contributed by atoms with Gasteiger partial charge >= 0.3 is 6.18 Å². The molecule has 0 amide bonds. The van der Waals surface area contributed by atoms with Crippen LogP contribution in [-0.2, 0) is 6.18 Å². The molecule has 0 heterocycles. The Bertz CT molecular complexity index is 564. The fourth-order valence-electron chi connectivity index (χ4n) is 1.22. The summed E-state index contributed by atoms with van der Waals surface area (Å²) in [5.41, 5.74) is 6.71. The lowest BCUT2D eigenvalue weighted by atomic mass is 10.1. The molecule has 0 saturated carbocycles. The zero-order valence-electron chi connectivity index (χ0n) is 10.5. The molecule has 0 saturated heterocycles. The number of anilines is 1. The normalized spacial score (nSPS) is 12.0. The molecule has 1 aromatic carbocycles. The monoisotopic (exact) mass is 353 g/mol. The van der Waals surface area contributed by atoms with Crippen molar-refractivity contribution in [1.82, 2.24) is 0 Å². The summed E-state index contributed by atoms with van der Waals surface area (Å²) < 4.78 is 51.4. The van der Waals surface area contributed by atoms with Gasteiger partial charge in [-0.2, -0.15) is 13.2 Å². The predicted molar refractivity (Wildman–Crippen MR) is 73.7 cm³/mol. The second kappa shape index (κ2) is 5.17. The molecule has 7 heteroatoms. The molecule has 0 fully saturated rings. The molecule has 0 aliphatic heterocycles. The first-order valence-corrected chi connectivity index (χ1v) is 9.60. The predicted octanol–water partition coefficient (Wildman–Crippen LogP) is 4.42. The van der Waals surface area contributed by atoms with Crippen LogP contribution in [0.15, 0.2) is 10.5 Å². The van der Waals surface area contributed by atoms with E-state index < -0.39 is 25.6 Å². The van der Waals surface area contributed by atoms with Crippen LogP contribution in [0, 0.1) is 17.3 Å². The largest absolute Gasteiger partial charge is 0.417 e. The van der Waals surface area contributed by atoms with Gasteiger partial charge in [0.25, 0.3) is 0 Å². The molecule has 1 aromatic rings. The molecule has 0 aromatic heterocycles. The maximum absolute atomic E-state index is 13.5. The van der Waals surface area contributed by atoms with Gasteiger partial charge in [0.05, 0.1) is 16.8 Å². The Hall–Kier alpha value is -1.00. The van der Waals surface area contributed by atoms with Crippen LogP contribution < -0.4 is 5.73 Å². The summed E-state index contributed by atoms with van der Waals surface area (Å²) >= 11 is 2.82. The van der Waals surface area contributed by atoms with Gasteiger partial charge < -0.3 is 5.73 Å². The van der Waals surface area contributed by atoms with Gasteiger partial charge in [-0.1, -0.05) is 25.6 Å². The molecule has 1 rings (SSSR count). The fraction of sp³-hybridized carbons (Fsp3) is 0.333. The van der Waals surface area contributed by atoms with Crippen molar-refractivity contribution in [2.45, 2.75) is 25.8 Å². The summed E-state index contributed by atoms with van der Waals surface area (Å²) in [6.45, 7) is 5.77. The molecule has 0 atom stereocenters. The first-order valence-electron chi connectivity index (χ1n) is 5.31. The van der Waals surface area contributed by atoms with Crippen LogP contribution >= 0.6 is 15.9 Å². The van der Waals surface area contributed by atoms with E-state index in [1.807, 2.05) is 19.6 Å². The van der Waals surface area contributed by atoms with Crippen molar-refractivity contribution in [3.05, 3.63) is 27.5 Å². The van der Waals surface area contributed by atoms with Crippen LogP contribution in [-0.4, -0.2) is 8.07 Å². The number of halogens is 5. The van der Waals surface area contributed by atoms with E-state index in [1.165, 1.54) is 0 Å². The number of nitrogen functional groups attached to an aromatic ring is 1. The van der Waals surface area contributed by atoms with E-state index in [0.29, 0.717) is 6.07 Å². The number of rotatable bonds is 0. The van der Waals surface area contributed by atoms with Gasteiger partial charge in [-0.05, 0) is 22.0 Å². The quantitative estimate of drug-likeness (QED) is 0.317. The second-order valence-corrected chi connectivity index (χ2v) is 10.5. The number of hydrogen-bond acceptors (Lipinski definition) is 1. The van der Waals surface area contributed by atoms with Crippen molar-refractivity contribution in [3.8, 4) is 11.5 Å². The summed E-state index contributed by atoms with van der Waals surface area (Å²) in [7, 11) is -1.81. The minimum atomic E-state index is -4.66. The van der Waals surface area contributed by atoms with Gasteiger partial charge in [-0.3, -0.25) is 0 Å². The van der Waals surface area contributed by atoms with Crippen molar-refractivity contribution in [3.63, 3.8) is 0 Å². The molecule has 2 N–H and O–H groups in total. The lowest BCUT2D eigenvalue weighted by Crippen LogP contribution is -2.16. The first-order chi connectivity index (χ1) is 8.43. The smallest absolute Gasteiger partial charge is 0.395 e. The van der Waals surface area contributed by atoms with E-state index >= 15 is 0 Å². The zero-order chi connectivity index (χ0) is 15.0. The van der Waals surface area contributed by atoms with Crippen molar-refractivity contribution < 1.29 is 17.6 Å². The third kappa shape index (κ3) is 3.98. The Balaban J connectivity index is 3.55. The van der Waals surface area contributed by atoms with E-state index in [9.17, 15) is 17.6 Å². The minimum Gasteiger partial charge on any atom is -0.395 e. The summed E-state index contributed by atoms with van der Waals surface area (Å²) in [6, 6.07) is 0.374.